The number of rotatable bonds is 5. The summed E-state index contributed by atoms with van der Waals surface area (Å²) in [5, 5.41) is 5.77. The molecule has 3 aliphatic heterocycles. The van der Waals surface area contributed by atoms with E-state index < -0.39 is 6.04 Å². The van der Waals surface area contributed by atoms with Gasteiger partial charge < -0.3 is 10.2 Å². The summed E-state index contributed by atoms with van der Waals surface area (Å²) in [6.45, 7) is 6.66. The number of hydrogen-bond donors (Lipinski definition) is 2. The molecule has 3 heterocycles. The fourth-order valence-electron chi connectivity index (χ4n) is 4.63. The number of nitrogens with one attached hydrogen (secondary N) is 2. The first-order valence-electron chi connectivity index (χ1n) is 10.3. The van der Waals surface area contributed by atoms with Crippen LogP contribution < -0.4 is 10.6 Å². The van der Waals surface area contributed by atoms with Crippen molar-refractivity contribution >= 4 is 17.7 Å². The highest BCUT2D eigenvalue weighted by molar-refractivity contribution is 6.05. The predicted octanol–water partition coefficient (Wildman–Crippen LogP) is 1.02. The van der Waals surface area contributed by atoms with Crippen LogP contribution in [0.25, 0.3) is 0 Å². The van der Waals surface area contributed by atoms with Gasteiger partial charge in [0.1, 0.15) is 6.04 Å². The van der Waals surface area contributed by atoms with Gasteiger partial charge in [0.25, 0.3) is 5.91 Å². The average molecular weight is 384 g/mol. The van der Waals surface area contributed by atoms with Gasteiger partial charge in [-0.05, 0) is 56.1 Å². The standard InChI is InChI=1S/C21H28N4O3/c1-2-24(16-7-9-22-10-8-16)12-14-3-4-17-15(11-14)13-25(21(17)28)18-5-6-19(26)23-20(18)27/h3-4,11,16,18,22H,2,5-10,12-13H2,1H3,(H,23,26,27). The molecular weight excluding hydrogens is 356 g/mol. The zero-order valence-corrected chi connectivity index (χ0v) is 16.4. The highest BCUT2D eigenvalue weighted by atomic mass is 16.2. The monoisotopic (exact) mass is 384 g/mol. The molecule has 3 aliphatic rings. The van der Waals surface area contributed by atoms with Gasteiger partial charge in [0.15, 0.2) is 0 Å². The Bertz CT molecular complexity index is 788. The molecule has 2 saturated heterocycles. The third kappa shape index (κ3) is 3.69. The normalized spacial score (nSPS) is 23.3. The lowest BCUT2D eigenvalue weighted by Gasteiger charge is -2.34. The van der Waals surface area contributed by atoms with Gasteiger partial charge in [-0.3, -0.25) is 24.6 Å². The number of carbonyl (C=O) groups is 3. The molecule has 0 aromatic heterocycles. The fraction of sp³-hybridized carbons (Fsp3) is 0.571. The minimum atomic E-state index is -0.553. The van der Waals surface area contributed by atoms with Gasteiger partial charge in [0, 0.05) is 31.1 Å². The molecule has 0 saturated carbocycles. The molecule has 1 aromatic rings. The second-order valence-corrected chi connectivity index (χ2v) is 7.94. The number of hydrogen-bond acceptors (Lipinski definition) is 5. The molecule has 1 unspecified atom stereocenters. The average Bonchev–Trinajstić information content (AvgIpc) is 3.02. The number of nitrogens with zero attached hydrogens (tertiary/aromatic N) is 2. The molecule has 1 atom stereocenters. The summed E-state index contributed by atoms with van der Waals surface area (Å²) in [4.78, 5) is 40.5. The zero-order chi connectivity index (χ0) is 19.7. The summed E-state index contributed by atoms with van der Waals surface area (Å²) in [5.74, 6) is -0.729. The van der Waals surface area contributed by atoms with Gasteiger partial charge >= 0.3 is 0 Å². The van der Waals surface area contributed by atoms with E-state index in [9.17, 15) is 14.4 Å². The van der Waals surface area contributed by atoms with Crippen LogP contribution in [-0.2, 0) is 22.7 Å². The van der Waals surface area contributed by atoms with E-state index in [2.05, 4.69) is 28.5 Å². The summed E-state index contributed by atoms with van der Waals surface area (Å²) in [6, 6.07) is 6.09. The van der Waals surface area contributed by atoms with Crippen LogP contribution in [0.2, 0.25) is 0 Å². The van der Waals surface area contributed by atoms with E-state index in [-0.39, 0.29) is 24.1 Å². The SMILES string of the molecule is CCN(Cc1ccc2c(c1)CN(C1CCC(=O)NC1=O)C2=O)C1CCNCC1. The van der Waals surface area contributed by atoms with Crippen LogP contribution in [0.5, 0.6) is 0 Å². The van der Waals surface area contributed by atoms with Crippen LogP contribution in [-0.4, -0.2) is 59.2 Å². The van der Waals surface area contributed by atoms with Crippen molar-refractivity contribution in [3.63, 3.8) is 0 Å². The Morgan fingerprint density at radius 3 is 2.64 bits per heavy atom. The Hall–Kier alpha value is -2.25. The van der Waals surface area contributed by atoms with Crippen LogP contribution >= 0.6 is 0 Å². The summed E-state index contributed by atoms with van der Waals surface area (Å²) >= 11 is 0. The van der Waals surface area contributed by atoms with Gasteiger partial charge in [-0.15, -0.1) is 0 Å². The number of benzene rings is 1. The van der Waals surface area contributed by atoms with Crippen molar-refractivity contribution in [3.8, 4) is 0 Å². The molecular formula is C21H28N4O3. The minimum absolute atomic E-state index is 0.109. The Morgan fingerprint density at radius 2 is 1.93 bits per heavy atom. The minimum Gasteiger partial charge on any atom is -0.322 e. The number of imide groups is 1. The fourth-order valence-corrected chi connectivity index (χ4v) is 4.63. The quantitative estimate of drug-likeness (QED) is 0.741. The molecule has 0 aliphatic carbocycles. The summed E-state index contributed by atoms with van der Waals surface area (Å²) in [6.07, 6.45) is 3.02. The largest absolute Gasteiger partial charge is 0.322 e. The predicted molar refractivity (Wildman–Crippen MR) is 104 cm³/mol. The first-order valence-corrected chi connectivity index (χ1v) is 10.3. The molecule has 2 fully saturated rings. The Kier molecular flexibility index (Phi) is 5.46. The maximum Gasteiger partial charge on any atom is 0.255 e. The highest BCUT2D eigenvalue weighted by Gasteiger charge is 2.39. The van der Waals surface area contributed by atoms with E-state index in [1.165, 1.54) is 18.4 Å². The maximum atomic E-state index is 12.8. The molecule has 150 valence electrons. The zero-order valence-electron chi connectivity index (χ0n) is 16.4. The van der Waals surface area contributed by atoms with Crippen molar-refractivity contribution in [2.45, 2.75) is 57.8 Å². The van der Waals surface area contributed by atoms with E-state index in [1.54, 1.807) is 4.90 Å². The van der Waals surface area contributed by atoms with E-state index in [0.717, 1.165) is 31.7 Å². The van der Waals surface area contributed by atoms with Gasteiger partial charge in [0.05, 0.1) is 0 Å². The molecule has 7 nitrogen and oxygen atoms in total. The van der Waals surface area contributed by atoms with Gasteiger partial charge in [-0.1, -0.05) is 19.1 Å². The van der Waals surface area contributed by atoms with Crippen molar-refractivity contribution < 1.29 is 14.4 Å². The third-order valence-electron chi connectivity index (χ3n) is 6.20. The number of carbonyl (C=O) groups excluding carboxylic acids is 3. The summed E-state index contributed by atoms with van der Waals surface area (Å²) < 4.78 is 0. The van der Waals surface area contributed by atoms with E-state index in [0.29, 0.717) is 24.6 Å². The number of amides is 3. The van der Waals surface area contributed by atoms with Crippen LogP contribution in [0.15, 0.2) is 18.2 Å². The van der Waals surface area contributed by atoms with Crippen molar-refractivity contribution in [1.82, 2.24) is 20.4 Å². The second-order valence-electron chi connectivity index (χ2n) is 7.94. The van der Waals surface area contributed by atoms with Crippen molar-refractivity contribution in [3.05, 3.63) is 34.9 Å². The molecule has 0 radical (unpaired) electrons. The molecule has 3 amide bonds. The van der Waals surface area contributed by atoms with Crippen LogP contribution in [0.1, 0.15) is 54.1 Å². The van der Waals surface area contributed by atoms with Crippen LogP contribution in [0, 0.1) is 0 Å². The smallest absolute Gasteiger partial charge is 0.255 e. The highest BCUT2D eigenvalue weighted by Crippen LogP contribution is 2.29. The van der Waals surface area contributed by atoms with Crippen molar-refractivity contribution in [2.24, 2.45) is 0 Å². The van der Waals surface area contributed by atoms with E-state index in [4.69, 9.17) is 0 Å². The van der Waals surface area contributed by atoms with E-state index in [1.807, 2.05) is 12.1 Å². The summed E-state index contributed by atoms with van der Waals surface area (Å²) in [7, 11) is 0. The topological polar surface area (TPSA) is 81.8 Å². The summed E-state index contributed by atoms with van der Waals surface area (Å²) in [5.41, 5.74) is 2.86. The molecule has 2 N–H and O–H groups in total. The van der Waals surface area contributed by atoms with Crippen LogP contribution in [0.4, 0.5) is 0 Å². The Labute approximate surface area is 165 Å². The Morgan fingerprint density at radius 1 is 1.14 bits per heavy atom. The second kappa shape index (κ2) is 8.01. The molecule has 0 spiro atoms. The van der Waals surface area contributed by atoms with Crippen LogP contribution in [0.3, 0.4) is 0 Å². The first-order chi connectivity index (χ1) is 13.6. The van der Waals surface area contributed by atoms with Crippen molar-refractivity contribution in [1.29, 1.82) is 0 Å². The van der Waals surface area contributed by atoms with Gasteiger partial charge in [-0.25, -0.2) is 0 Å². The van der Waals surface area contributed by atoms with Crippen molar-refractivity contribution in [2.75, 3.05) is 19.6 Å². The first kappa shape index (κ1) is 19.1. The van der Waals surface area contributed by atoms with Gasteiger partial charge in [-0.2, -0.15) is 0 Å². The van der Waals surface area contributed by atoms with Gasteiger partial charge in [0.2, 0.25) is 11.8 Å². The number of fused-ring (bicyclic) bond motifs is 1. The lowest BCUT2D eigenvalue weighted by atomic mass is 10.0. The Balaban J connectivity index is 1.47. The lowest BCUT2D eigenvalue weighted by molar-refractivity contribution is -0.136. The molecule has 1 aromatic carbocycles. The number of piperidine rings is 2. The maximum absolute atomic E-state index is 12.8. The molecule has 0 bridgehead atoms. The molecule has 4 rings (SSSR count). The molecule has 7 heteroatoms. The molecule has 28 heavy (non-hydrogen) atoms. The van der Waals surface area contributed by atoms with E-state index >= 15 is 0 Å². The third-order valence-corrected chi connectivity index (χ3v) is 6.20. The lowest BCUT2D eigenvalue weighted by Crippen LogP contribution is -2.52.